The second kappa shape index (κ2) is 6.15. The van der Waals surface area contributed by atoms with Crippen molar-refractivity contribution < 1.29 is 8.78 Å². The lowest BCUT2D eigenvalue weighted by atomic mass is 10.3. The topological polar surface area (TPSA) is 19.0 Å². The van der Waals surface area contributed by atoms with Gasteiger partial charge in [0.15, 0.2) is 0 Å². The van der Waals surface area contributed by atoms with E-state index in [4.69, 9.17) is 0 Å². The van der Waals surface area contributed by atoms with Crippen molar-refractivity contribution in [2.45, 2.75) is 25.7 Å². The molecule has 0 saturated carbocycles. The number of hydrogen-bond acceptors (Lipinski definition) is 1. The second-order valence-electron chi connectivity index (χ2n) is 4.95. The predicted octanol–water partition coefficient (Wildman–Crippen LogP) is 3.91. The number of aromatic nitrogens is 1. The van der Waals surface area contributed by atoms with E-state index in [9.17, 15) is 8.78 Å². The minimum Gasteiger partial charge on any atom is -0.361 e. The lowest BCUT2D eigenvalue weighted by Gasteiger charge is -2.13. The highest BCUT2D eigenvalue weighted by atomic mass is 19.3. The van der Waals surface area contributed by atoms with Gasteiger partial charge in [0.1, 0.15) is 0 Å². The van der Waals surface area contributed by atoms with Crippen LogP contribution in [0.3, 0.4) is 0 Å². The zero-order chi connectivity index (χ0) is 13.7. The Morgan fingerprint density at radius 3 is 2.68 bits per heavy atom. The Hall–Kier alpha value is -1.42. The Morgan fingerprint density at radius 1 is 1.26 bits per heavy atom. The molecule has 1 saturated heterocycles. The molecule has 1 N–H and O–H groups in total. The van der Waals surface area contributed by atoms with Gasteiger partial charge in [-0.25, -0.2) is 8.78 Å². The first-order valence-electron chi connectivity index (χ1n) is 6.73. The predicted molar refractivity (Wildman–Crippen MR) is 74.6 cm³/mol. The fourth-order valence-corrected chi connectivity index (χ4v) is 2.31. The van der Waals surface area contributed by atoms with Crippen LogP contribution in [0.15, 0.2) is 36.5 Å². The van der Waals surface area contributed by atoms with E-state index in [0.29, 0.717) is 6.54 Å². The molecular formula is C15H20F2N2. The number of rotatable bonds is 2. The van der Waals surface area contributed by atoms with Crippen LogP contribution < -0.4 is 0 Å². The summed E-state index contributed by atoms with van der Waals surface area (Å²) in [5, 5.41) is 1.28. The van der Waals surface area contributed by atoms with Crippen molar-refractivity contribution in [1.82, 2.24) is 9.88 Å². The maximum absolute atomic E-state index is 12.5. The fourth-order valence-electron chi connectivity index (χ4n) is 2.31. The summed E-state index contributed by atoms with van der Waals surface area (Å²) in [6.45, 7) is 3.37. The smallest absolute Gasteiger partial charge is 0.261 e. The fraction of sp³-hybridized carbons (Fsp3) is 0.467. The normalized spacial score (nSPS) is 18.3. The number of nitrogens with zero attached hydrogens (tertiary/aromatic N) is 1. The lowest BCUT2D eigenvalue weighted by Crippen LogP contribution is -2.25. The number of hydrogen-bond donors (Lipinski definition) is 1. The quantitative estimate of drug-likeness (QED) is 0.873. The SMILES string of the molecule is CCCN1CCC(F)(F)C1.c1ccc2[nH]ccc2c1. The van der Waals surface area contributed by atoms with E-state index in [-0.39, 0.29) is 13.0 Å². The molecular weight excluding hydrogens is 246 g/mol. The van der Waals surface area contributed by atoms with Crippen molar-refractivity contribution >= 4 is 10.9 Å². The first-order chi connectivity index (χ1) is 9.11. The third-order valence-corrected chi connectivity index (χ3v) is 3.25. The first-order valence-corrected chi connectivity index (χ1v) is 6.73. The molecule has 1 fully saturated rings. The zero-order valence-electron chi connectivity index (χ0n) is 11.2. The maximum atomic E-state index is 12.5. The van der Waals surface area contributed by atoms with E-state index in [2.05, 4.69) is 23.2 Å². The highest BCUT2D eigenvalue weighted by Gasteiger charge is 2.37. The molecule has 0 radical (unpaired) electrons. The molecule has 0 unspecified atom stereocenters. The Labute approximate surface area is 112 Å². The minimum absolute atomic E-state index is 0.0269. The molecule has 2 heterocycles. The van der Waals surface area contributed by atoms with E-state index >= 15 is 0 Å². The first kappa shape index (κ1) is 14.0. The summed E-state index contributed by atoms with van der Waals surface area (Å²) in [7, 11) is 0. The van der Waals surface area contributed by atoms with Crippen molar-refractivity contribution in [1.29, 1.82) is 0 Å². The van der Waals surface area contributed by atoms with Gasteiger partial charge in [0, 0.05) is 24.7 Å². The number of fused-ring (bicyclic) bond motifs is 1. The van der Waals surface area contributed by atoms with Crippen LogP contribution >= 0.6 is 0 Å². The van der Waals surface area contributed by atoms with Gasteiger partial charge in [-0.15, -0.1) is 0 Å². The Morgan fingerprint density at radius 2 is 2.05 bits per heavy atom. The molecule has 0 amide bonds. The van der Waals surface area contributed by atoms with Crippen LogP contribution in [-0.2, 0) is 0 Å². The van der Waals surface area contributed by atoms with E-state index in [0.717, 1.165) is 13.0 Å². The summed E-state index contributed by atoms with van der Waals surface area (Å²) in [6.07, 6.45) is 2.97. The second-order valence-corrected chi connectivity index (χ2v) is 4.95. The third kappa shape index (κ3) is 4.03. The van der Waals surface area contributed by atoms with Crippen LogP contribution in [0.1, 0.15) is 19.8 Å². The molecule has 19 heavy (non-hydrogen) atoms. The van der Waals surface area contributed by atoms with Crippen LogP contribution in [0.25, 0.3) is 10.9 Å². The van der Waals surface area contributed by atoms with Gasteiger partial charge < -0.3 is 4.98 Å². The zero-order valence-corrected chi connectivity index (χ0v) is 11.2. The van der Waals surface area contributed by atoms with E-state index in [1.807, 2.05) is 30.2 Å². The van der Waals surface area contributed by atoms with Gasteiger partial charge in [-0.05, 0) is 30.5 Å². The number of alkyl halides is 2. The summed E-state index contributed by atoms with van der Waals surface area (Å²) < 4.78 is 25.0. The largest absolute Gasteiger partial charge is 0.361 e. The van der Waals surface area contributed by atoms with Gasteiger partial charge >= 0.3 is 0 Å². The summed E-state index contributed by atoms with van der Waals surface area (Å²) >= 11 is 0. The van der Waals surface area contributed by atoms with E-state index in [1.54, 1.807) is 0 Å². The highest BCUT2D eigenvalue weighted by molar-refractivity contribution is 5.78. The highest BCUT2D eigenvalue weighted by Crippen LogP contribution is 2.26. The standard InChI is InChI=1S/C8H7N.C7H13F2N/c1-2-4-8-7(3-1)5-6-9-8;1-2-4-10-5-3-7(8,9)6-10/h1-6,9H;2-6H2,1H3. The van der Waals surface area contributed by atoms with E-state index < -0.39 is 5.92 Å². The summed E-state index contributed by atoms with van der Waals surface area (Å²) in [6, 6.07) is 10.3. The molecule has 0 spiro atoms. The van der Waals surface area contributed by atoms with Gasteiger partial charge in [0.2, 0.25) is 0 Å². The van der Waals surface area contributed by atoms with Gasteiger partial charge in [-0.2, -0.15) is 0 Å². The number of benzene rings is 1. The van der Waals surface area contributed by atoms with Crippen LogP contribution in [0.2, 0.25) is 0 Å². The van der Waals surface area contributed by atoms with Gasteiger partial charge in [0.05, 0.1) is 6.54 Å². The molecule has 0 bridgehead atoms. The molecule has 1 aromatic carbocycles. The number of likely N-dealkylation sites (tertiary alicyclic amines) is 1. The van der Waals surface area contributed by atoms with Crippen LogP contribution in [0, 0.1) is 0 Å². The van der Waals surface area contributed by atoms with E-state index in [1.165, 1.54) is 10.9 Å². The summed E-state index contributed by atoms with van der Waals surface area (Å²) in [5.74, 6) is -2.41. The van der Waals surface area contributed by atoms with Crippen molar-refractivity contribution in [2.24, 2.45) is 0 Å². The molecule has 1 aromatic heterocycles. The van der Waals surface area contributed by atoms with Gasteiger partial charge in [0.25, 0.3) is 5.92 Å². The molecule has 4 heteroatoms. The summed E-state index contributed by atoms with van der Waals surface area (Å²) in [4.78, 5) is 4.94. The van der Waals surface area contributed by atoms with Crippen LogP contribution in [0.4, 0.5) is 8.78 Å². The summed E-state index contributed by atoms with van der Waals surface area (Å²) in [5.41, 5.74) is 1.21. The van der Waals surface area contributed by atoms with Gasteiger partial charge in [-0.3, -0.25) is 4.90 Å². The number of nitrogens with one attached hydrogen (secondary N) is 1. The molecule has 1 aliphatic rings. The molecule has 2 nitrogen and oxygen atoms in total. The average Bonchev–Trinajstić information content (AvgIpc) is 2.97. The minimum atomic E-state index is -2.41. The molecule has 2 aromatic rings. The maximum Gasteiger partial charge on any atom is 0.261 e. The number of H-pyrrole nitrogens is 1. The van der Waals surface area contributed by atoms with Crippen molar-refractivity contribution in [2.75, 3.05) is 19.6 Å². The van der Waals surface area contributed by atoms with Crippen molar-refractivity contribution in [3.8, 4) is 0 Å². The van der Waals surface area contributed by atoms with Crippen molar-refractivity contribution in [3.05, 3.63) is 36.5 Å². The van der Waals surface area contributed by atoms with Crippen LogP contribution in [-0.4, -0.2) is 35.4 Å². The lowest BCUT2D eigenvalue weighted by molar-refractivity contribution is 0.0123. The third-order valence-electron chi connectivity index (χ3n) is 3.25. The molecule has 1 aliphatic heterocycles. The Balaban J connectivity index is 0.000000141. The number of halogens is 2. The van der Waals surface area contributed by atoms with Gasteiger partial charge in [-0.1, -0.05) is 25.1 Å². The Kier molecular flexibility index (Phi) is 4.53. The monoisotopic (exact) mass is 266 g/mol. The molecule has 3 rings (SSSR count). The molecule has 104 valence electrons. The van der Waals surface area contributed by atoms with Crippen molar-refractivity contribution in [3.63, 3.8) is 0 Å². The number of para-hydroxylation sites is 1. The average molecular weight is 266 g/mol. The molecule has 0 atom stereocenters. The Bertz CT molecular complexity index is 477. The molecule has 0 aliphatic carbocycles. The number of aromatic amines is 1. The van der Waals surface area contributed by atoms with Crippen LogP contribution in [0.5, 0.6) is 0 Å².